The maximum atomic E-state index is 12.6. The number of hydrogen-bond acceptors (Lipinski definition) is 5. The lowest BCUT2D eigenvalue weighted by molar-refractivity contribution is 0.208. The number of halogens is 1. The van der Waals surface area contributed by atoms with E-state index in [1.54, 1.807) is 13.4 Å². The summed E-state index contributed by atoms with van der Waals surface area (Å²) in [6.45, 7) is 6.13. The van der Waals surface area contributed by atoms with Gasteiger partial charge >= 0.3 is 5.69 Å². The molecular formula is C19H23ClN6O2. The molecule has 4 rings (SSSR count). The minimum absolute atomic E-state index is 0.316. The molecule has 0 aliphatic carbocycles. The smallest absolute Gasteiger partial charge is 0.332 e. The van der Waals surface area contributed by atoms with Crippen LogP contribution in [0.1, 0.15) is 5.56 Å². The third-order valence-corrected chi connectivity index (χ3v) is 5.69. The second kappa shape index (κ2) is 7.10. The number of aryl methyl sites for hydroxylation is 2. The number of benzene rings is 1. The van der Waals surface area contributed by atoms with Gasteiger partial charge in [-0.25, -0.2) is 9.78 Å². The van der Waals surface area contributed by atoms with E-state index in [2.05, 4.69) is 21.7 Å². The van der Waals surface area contributed by atoms with Crippen molar-refractivity contribution in [2.45, 2.75) is 13.6 Å². The minimum atomic E-state index is -0.367. The Labute approximate surface area is 167 Å². The number of hydrogen-bond donors (Lipinski definition) is 0. The van der Waals surface area contributed by atoms with Gasteiger partial charge in [0.2, 0.25) is 0 Å². The van der Waals surface area contributed by atoms with Crippen LogP contribution in [0.15, 0.2) is 34.1 Å². The predicted octanol–water partition coefficient (Wildman–Crippen LogP) is 1.18. The van der Waals surface area contributed by atoms with Crippen molar-refractivity contribution < 1.29 is 0 Å². The zero-order valence-corrected chi connectivity index (χ0v) is 17.0. The largest absolute Gasteiger partial charge is 0.369 e. The van der Waals surface area contributed by atoms with Gasteiger partial charge < -0.3 is 9.47 Å². The van der Waals surface area contributed by atoms with Gasteiger partial charge in [0.15, 0.2) is 11.2 Å². The van der Waals surface area contributed by atoms with E-state index < -0.39 is 0 Å². The molecule has 1 aromatic carbocycles. The highest BCUT2D eigenvalue weighted by molar-refractivity contribution is 6.30. The molecular weight excluding hydrogens is 380 g/mol. The summed E-state index contributed by atoms with van der Waals surface area (Å²) in [6.07, 6.45) is 1.64. The molecule has 28 heavy (non-hydrogen) atoms. The average Bonchev–Trinajstić information content (AvgIpc) is 3.11. The minimum Gasteiger partial charge on any atom is -0.369 e. The van der Waals surface area contributed by atoms with Crippen molar-refractivity contribution >= 4 is 28.5 Å². The fourth-order valence-corrected chi connectivity index (χ4v) is 3.94. The zero-order chi connectivity index (χ0) is 20.0. The van der Waals surface area contributed by atoms with Crippen LogP contribution in [0, 0.1) is 6.92 Å². The van der Waals surface area contributed by atoms with E-state index in [1.165, 1.54) is 22.9 Å². The molecule has 9 heteroatoms. The van der Waals surface area contributed by atoms with Gasteiger partial charge in [-0.2, -0.15) is 0 Å². The maximum absolute atomic E-state index is 12.6. The van der Waals surface area contributed by atoms with Gasteiger partial charge in [-0.15, -0.1) is 0 Å². The lowest BCUT2D eigenvalue weighted by atomic mass is 10.1. The molecule has 0 bridgehead atoms. The van der Waals surface area contributed by atoms with Gasteiger partial charge in [-0.05, 0) is 24.6 Å². The van der Waals surface area contributed by atoms with Crippen molar-refractivity contribution in [2.75, 3.05) is 31.1 Å². The van der Waals surface area contributed by atoms with E-state index in [-0.39, 0.29) is 11.2 Å². The highest BCUT2D eigenvalue weighted by Crippen LogP contribution is 2.25. The number of piperazine rings is 1. The molecule has 3 heterocycles. The van der Waals surface area contributed by atoms with Crippen molar-refractivity contribution in [3.8, 4) is 0 Å². The monoisotopic (exact) mass is 402 g/mol. The van der Waals surface area contributed by atoms with Gasteiger partial charge in [0.1, 0.15) is 0 Å². The molecule has 0 spiro atoms. The van der Waals surface area contributed by atoms with Gasteiger partial charge in [-0.1, -0.05) is 17.7 Å². The second-order valence-corrected chi connectivity index (χ2v) is 7.71. The Balaban J connectivity index is 1.54. The van der Waals surface area contributed by atoms with Crippen LogP contribution in [-0.2, 0) is 20.8 Å². The van der Waals surface area contributed by atoms with E-state index in [1.807, 2.05) is 22.8 Å². The first-order valence-electron chi connectivity index (χ1n) is 9.21. The Morgan fingerprint density at radius 2 is 1.79 bits per heavy atom. The molecule has 0 saturated carbocycles. The molecule has 1 fully saturated rings. The number of fused-ring (bicyclic) bond motifs is 1. The van der Waals surface area contributed by atoms with Gasteiger partial charge in [-0.3, -0.25) is 18.8 Å². The number of nitrogens with zero attached hydrogens (tertiary/aromatic N) is 6. The number of aromatic nitrogens is 4. The molecule has 0 N–H and O–H groups in total. The molecule has 0 unspecified atom stereocenters. The van der Waals surface area contributed by atoms with Crippen LogP contribution in [0.25, 0.3) is 11.2 Å². The summed E-state index contributed by atoms with van der Waals surface area (Å²) in [5.74, 6) is 0. The van der Waals surface area contributed by atoms with Crippen LogP contribution >= 0.6 is 11.6 Å². The average molecular weight is 403 g/mol. The van der Waals surface area contributed by atoms with E-state index in [4.69, 9.17) is 11.6 Å². The Hall–Kier alpha value is -2.58. The topological polar surface area (TPSA) is 68.3 Å². The van der Waals surface area contributed by atoms with E-state index in [9.17, 15) is 9.59 Å². The molecule has 148 valence electrons. The number of anilines is 1. The highest BCUT2D eigenvalue weighted by atomic mass is 35.5. The zero-order valence-electron chi connectivity index (χ0n) is 16.2. The van der Waals surface area contributed by atoms with Crippen molar-refractivity contribution in [1.29, 1.82) is 0 Å². The quantitative estimate of drug-likeness (QED) is 0.658. The second-order valence-electron chi connectivity index (χ2n) is 7.27. The first-order chi connectivity index (χ1) is 13.4. The summed E-state index contributed by atoms with van der Waals surface area (Å²) in [5.41, 5.74) is 2.57. The molecule has 2 aromatic heterocycles. The normalized spacial score (nSPS) is 15.5. The maximum Gasteiger partial charge on any atom is 0.332 e. The molecule has 0 amide bonds. The molecule has 0 atom stereocenters. The van der Waals surface area contributed by atoms with E-state index in [0.717, 1.165) is 35.8 Å². The van der Waals surface area contributed by atoms with Crippen LogP contribution in [0.5, 0.6) is 0 Å². The molecule has 8 nitrogen and oxygen atoms in total. The lowest BCUT2D eigenvalue weighted by Gasteiger charge is -2.37. The van der Waals surface area contributed by atoms with Crippen molar-refractivity contribution in [3.05, 3.63) is 56.0 Å². The molecule has 0 radical (unpaired) electrons. The summed E-state index contributed by atoms with van der Waals surface area (Å²) >= 11 is 6.16. The Morgan fingerprint density at radius 1 is 1.07 bits per heavy atom. The number of rotatable bonds is 3. The first kappa shape index (κ1) is 18.8. The fourth-order valence-electron chi connectivity index (χ4n) is 3.77. The van der Waals surface area contributed by atoms with Crippen molar-refractivity contribution in [1.82, 2.24) is 23.6 Å². The highest BCUT2D eigenvalue weighted by Gasteiger charge is 2.21. The lowest BCUT2D eigenvalue weighted by Crippen LogP contribution is -2.47. The summed E-state index contributed by atoms with van der Waals surface area (Å²) < 4.78 is 4.37. The molecule has 1 saturated heterocycles. The van der Waals surface area contributed by atoms with Crippen LogP contribution in [-0.4, -0.2) is 49.8 Å². The van der Waals surface area contributed by atoms with Crippen LogP contribution in [0.2, 0.25) is 5.02 Å². The molecule has 1 aliphatic heterocycles. The first-order valence-corrected chi connectivity index (χ1v) is 9.59. The van der Waals surface area contributed by atoms with Crippen LogP contribution in [0.4, 0.5) is 5.69 Å². The standard InChI is InChI=1S/C19H23ClN6O2/c1-13-4-5-14(20)10-15(13)25-8-6-24(7-9-25)12-26-11-21-17-16(26)18(27)23(3)19(28)22(17)2/h4-5,10-11H,6-9,12H2,1-3H3. The number of imidazole rings is 1. The SMILES string of the molecule is Cc1ccc(Cl)cc1N1CCN(Cn2cnc3c2c(=O)n(C)c(=O)n3C)CC1. The third-order valence-electron chi connectivity index (χ3n) is 5.45. The summed E-state index contributed by atoms with van der Waals surface area (Å²) in [4.78, 5) is 33.6. The van der Waals surface area contributed by atoms with Crippen LogP contribution in [0.3, 0.4) is 0 Å². The van der Waals surface area contributed by atoms with Gasteiger partial charge in [0.05, 0.1) is 13.0 Å². The Morgan fingerprint density at radius 3 is 2.50 bits per heavy atom. The Kier molecular flexibility index (Phi) is 4.76. The molecule has 3 aromatic rings. The summed E-state index contributed by atoms with van der Waals surface area (Å²) in [7, 11) is 3.13. The fraction of sp³-hybridized carbons (Fsp3) is 0.421. The van der Waals surface area contributed by atoms with Gasteiger partial charge in [0, 0.05) is 51.0 Å². The van der Waals surface area contributed by atoms with Crippen molar-refractivity contribution in [2.24, 2.45) is 14.1 Å². The summed E-state index contributed by atoms with van der Waals surface area (Å²) in [6, 6.07) is 5.97. The molecule has 1 aliphatic rings. The van der Waals surface area contributed by atoms with E-state index in [0.29, 0.717) is 17.8 Å². The summed E-state index contributed by atoms with van der Waals surface area (Å²) in [5, 5.41) is 0.745. The van der Waals surface area contributed by atoms with Gasteiger partial charge in [0.25, 0.3) is 5.56 Å². The Bertz CT molecular complexity index is 1150. The van der Waals surface area contributed by atoms with Crippen LogP contribution < -0.4 is 16.1 Å². The third kappa shape index (κ3) is 3.12. The van der Waals surface area contributed by atoms with Crippen molar-refractivity contribution in [3.63, 3.8) is 0 Å². The predicted molar refractivity (Wildman–Crippen MR) is 110 cm³/mol. The van der Waals surface area contributed by atoms with E-state index >= 15 is 0 Å².